The Balaban J connectivity index is 1.51. The summed E-state index contributed by atoms with van der Waals surface area (Å²) >= 11 is 0. The summed E-state index contributed by atoms with van der Waals surface area (Å²) in [7, 11) is 1.38. The van der Waals surface area contributed by atoms with Crippen molar-refractivity contribution in [3.8, 4) is 0 Å². The van der Waals surface area contributed by atoms with Crippen molar-refractivity contribution in [1.82, 2.24) is 10.2 Å². The highest BCUT2D eigenvalue weighted by Gasteiger charge is 2.31. The first kappa shape index (κ1) is 27.4. The summed E-state index contributed by atoms with van der Waals surface area (Å²) in [5.41, 5.74) is 0.936. The lowest BCUT2D eigenvalue weighted by Gasteiger charge is -2.40. The number of benzene rings is 2. The standard InChI is InChI=1S/C27H34F3N3O3/c1-36-25(34)11-7-2-3-8-18-31-26(35)32-19-16-24(17-20-32)33(22-9-5-4-6-10-22)23-14-12-21(13-15-23)27(28,29)30/h4-6,9-10,12-15,24H,2-3,7-8,11,16-20H2,1H3,(H,31,35). The van der Waals surface area contributed by atoms with Crippen LogP contribution in [0.15, 0.2) is 54.6 Å². The quantitative estimate of drug-likeness (QED) is 0.311. The SMILES string of the molecule is COC(=O)CCCCCCNC(=O)N1CCC(N(c2ccccc2)c2ccc(C(F)(F)F)cc2)CC1. The van der Waals surface area contributed by atoms with Gasteiger partial charge in [-0.2, -0.15) is 13.2 Å². The zero-order chi connectivity index (χ0) is 26.0. The number of unbranched alkanes of at least 4 members (excludes halogenated alkanes) is 3. The fourth-order valence-electron chi connectivity index (χ4n) is 4.45. The summed E-state index contributed by atoms with van der Waals surface area (Å²) in [5.74, 6) is -0.198. The van der Waals surface area contributed by atoms with E-state index in [2.05, 4.69) is 15.0 Å². The molecular formula is C27H34F3N3O3. The van der Waals surface area contributed by atoms with Gasteiger partial charge in [0.25, 0.3) is 0 Å². The van der Waals surface area contributed by atoms with Gasteiger partial charge in [-0.15, -0.1) is 0 Å². The number of esters is 1. The molecule has 0 atom stereocenters. The summed E-state index contributed by atoms with van der Waals surface area (Å²) in [6.45, 7) is 1.72. The molecule has 2 aromatic rings. The monoisotopic (exact) mass is 505 g/mol. The topological polar surface area (TPSA) is 61.9 Å². The number of para-hydroxylation sites is 1. The minimum absolute atomic E-state index is 0.0583. The van der Waals surface area contributed by atoms with E-state index in [4.69, 9.17) is 0 Å². The number of nitrogens with zero attached hydrogens (tertiary/aromatic N) is 2. The molecule has 3 rings (SSSR count). The van der Waals surface area contributed by atoms with Gasteiger partial charge in [0.15, 0.2) is 0 Å². The minimum Gasteiger partial charge on any atom is -0.469 e. The molecule has 1 aliphatic heterocycles. The molecule has 1 aliphatic rings. The third-order valence-electron chi connectivity index (χ3n) is 6.44. The second-order valence-corrected chi connectivity index (χ2v) is 8.94. The van der Waals surface area contributed by atoms with E-state index in [1.54, 1.807) is 4.90 Å². The maximum atomic E-state index is 13.1. The summed E-state index contributed by atoms with van der Waals surface area (Å²) < 4.78 is 43.8. The summed E-state index contributed by atoms with van der Waals surface area (Å²) in [4.78, 5) is 27.6. The van der Waals surface area contributed by atoms with E-state index < -0.39 is 11.7 Å². The largest absolute Gasteiger partial charge is 0.469 e. The molecule has 2 amide bonds. The number of anilines is 2. The van der Waals surface area contributed by atoms with Gasteiger partial charge in [0.1, 0.15) is 0 Å². The van der Waals surface area contributed by atoms with E-state index >= 15 is 0 Å². The predicted octanol–water partition coefficient (Wildman–Crippen LogP) is 6.14. The summed E-state index contributed by atoms with van der Waals surface area (Å²) in [6.07, 6.45) is 0.925. The van der Waals surface area contributed by atoms with Crippen LogP contribution in [0.3, 0.4) is 0 Å². The number of nitrogens with one attached hydrogen (secondary N) is 1. The molecule has 1 heterocycles. The maximum Gasteiger partial charge on any atom is 0.416 e. The van der Waals surface area contributed by atoms with Crippen LogP contribution in [0, 0.1) is 0 Å². The molecular weight excluding hydrogens is 471 g/mol. The number of carbonyl (C=O) groups excluding carboxylic acids is 2. The smallest absolute Gasteiger partial charge is 0.416 e. The van der Waals surface area contributed by atoms with Crippen LogP contribution in [0.25, 0.3) is 0 Å². The van der Waals surface area contributed by atoms with E-state index in [0.717, 1.165) is 43.5 Å². The Labute approximate surface area is 210 Å². The molecule has 9 heteroatoms. The van der Waals surface area contributed by atoms with Gasteiger partial charge in [0.2, 0.25) is 0 Å². The fraction of sp³-hybridized carbons (Fsp3) is 0.481. The van der Waals surface area contributed by atoms with Crippen molar-refractivity contribution in [3.05, 3.63) is 60.2 Å². The number of rotatable bonds is 10. The van der Waals surface area contributed by atoms with Gasteiger partial charge < -0.3 is 19.9 Å². The predicted molar refractivity (Wildman–Crippen MR) is 133 cm³/mol. The first-order chi connectivity index (χ1) is 17.3. The van der Waals surface area contributed by atoms with Crippen LogP contribution in [-0.2, 0) is 15.7 Å². The van der Waals surface area contributed by atoms with Crippen LogP contribution in [-0.4, -0.2) is 49.7 Å². The Bertz CT molecular complexity index is 960. The Kier molecular flexibility index (Phi) is 10.0. The molecule has 0 bridgehead atoms. The summed E-state index contributed by atoms with van der Waals surface area (Å²) in [5, 5.41) is 2.97. The third-order valence-corrected chi connectivity index (χ3v) is 6.44. The molecule has 0 saturated carbocycles. The fourth-order valence-corrected chi connectivity index (χ4v) is 4.45. The molecule has 6 nitrogen and oxygen atoms in total. The molecule has 1 saturated heterocycles. The number of methoxy groups -OCH3 is 1. The van der Waals surface area contributed by atoms with Crippen molar-refractivity contribution in [1.29, 1.82) is 0 Å². The Morgan fingerprint density at radius 3 is 2.17 bits per heavy atom. The number of halogens is 3. The number of likely N-dealkylation sites (tertiary alicyclic amines) is 1. The molecule has 36 heavy (non-hydrogen) atoms. The molecule has 196 valence electrons. The number of alkyl halides is 3. The van der Waals surface area contributed by atoms with Gasteiger partial charge in [-0.3, -0.25) is 4.79 Å². The lowest BCUT2D eigenvalue weighted by atomic mass is 10.0. The van der Waals surface area contributed by atoms with Crippen molar-refractivity contribution in [2.75, 3.05) is 31.6 Å². The second kappa shape index (κ2) is 13.2. The van der Waals surface area contributed by atoms with E-state index in [-0.39, 0.29) is 18.0 Å². The van der Waals surface area contributed by atoms with Gasteiger partial charge in [-0.1, -0.05) is 31.0 Å². The molecule has 2 aromatic carbocycles. The average molecular weight is 506 g/mol. The molecule has 0 spiro atoms. The second-order valence-electron chi connectivity index (χ2n) is 8.94. The molecule has 0 aromatic heterocycles. The summed E-state index contributed by atoms with van der Waals surface area (Å²) in [6, 6.07) is 14.8. The lowest BCUT2D eigenvalue weighted by Crippen LogP contribution is -2.48. The van der Waals surface area contributed by atoms with Crippen molar-refractivity contribution >= 4 is 23.4 Å². The van der Waals surface area contributed by atoms with Crippen LogP contribution in [0.4, 0.5) is 29.3 Å². The van der Waals surface area contributed by atoms with Crippen LogP contribution in [0.5, 0.6) is 0 Å². The van der Waals surface area contributed by atoms with E-state index in [0.29, 0.717) is 44.6 Å². The first-order valence-electron chi connectivity index (χ1n) is 12.4. The van der Waals surface area contributed by atoms with Gasteiger partial charge in [0, 0.05) is 43.5 Å². The number of amides is 2. The van der Waals surface area contributed by atoms with Gasteiger partial charge >= 0.3 is 18.2 Å². The Hall–Kier alpha value is -3.23. The van der Waals surface area contributed by atoms with Crippen LogP contribution in [0.2, 0.25) is 0 Å². The normalized spacial score (nSPS) is 14.4. The van der Waals surface area contributed by atoms with E-state index in [1.165, 1.54) is 19.2 Å². The van der Waals surface area contributed by atoms with Crippen molar-refractivity contribution in [3.63, 3.8) is 0 Å². The number of piperidine rings is 1. The highest BCUT2D eigenvalue weighted by atomic mass is 19.4. The minimum atomic E-state index is -4.38. The number of hydrogen-bond acceptors (Lipinski definition) is 4. The molecule has 1 N–H and O–H groups in total. The zero-order valence-electron chi connectivity index (χ0n) is 20.6. The van der Waals surface area contributed by atoms with Gasteiger partial charge in [0.05, 0.1) is 12.7 Å². The highest BCUT2D eigenvalue weighted by Crippen LogP contribution is 2.35. The molecule has 0 radical (unpaired) electrons. The van der Waals surface area contributed by atoms with Crippen molar-refractivity contribution < 1.29 is 27.5 Å². The maximum absolute atomic E-state index is 13.1. The molecule has 1 fully saturated rings. The average Bonchev–Trinajstić information content (AvgIpc) is 2.89. The van der Waals surface area contributed by atoms with Crippen molar-refractivity contribution in [2.24, 2.45) is 0 Å². The van der Waals surface area contributed by atoms with E-state index in [1.807, 2.05) is 30.3 Å². The van der Waals surface area contributed by atoms with Gasteiger partial charge in [-0.25, -0.2) is 4.79 Å². The van der Waals surface area contributed by atoms with Gasteiger partial charge in [-0.05, 0) is 62.1 Å². The van der Waals surface area contributed by atoms with Crippen molar-refractivity contribution in [2.45, 2.75) is 57.2 Å². The van der Waals surface area contributed by atoms with Crippen LogP contribution < -0.4 is 10.2 Å². The highest BCUT2D eigenvalue weighted by molar-refractivity contribution is 5.74. The number of ether oxygens (including phenoxy) is 1. The third kappa shape index (κ3) is 7.90. The van der Waals surface area contributed by atoms with E-state index in [9.17, 15) is 22.8 Å². The number of carbonyl (C=O) groups is 2. The molecule has 0 aliphatic carbocycles. The van der Waals surface area contributed by atoms with Crippen LogP contribution in [0.1, 0.15) is 50.5 Å². The number of urea groups is 1. The zero-order valence-corrected chi connectivity index (χ0v) is 20.6. The van der Waals surface area contributed by atoms with Crippen LogP contribution >= 0.6 is 0 Å². The Morgan fingerprint density at radius 2 is 1.56 bits per heavy atom. The Morgan fingerprint density at radius 1 is 0.944 bits per heavy atom. The number of hydrogen-bond donors (Lipinski definition) is 1. The lowest BCUT2D eigenvalue weighted by molar-refractivity contribution is -0.140. The molecule has 0 unspecified atom stereocenters. The first-order valence-corrected chi connectivity index (χ1v) is 12.4.